The van der Waals surface area contributed by atoms with Crippen LogP contribution in [0.15, 0.2) is 24.4 Å². The molecule has 0 bridgehead atoms. The summed E-state index contributed by atoms with van der Waals surface area (Å²) >= 11 is 0. The molecule has 0 radical (unpaired) electrons. The number of aryl methyl sites for hydroxylation is 3. The largest absolute Gasteiger partial charge is 0.383 e. The maximum absolute atomic E-state index is 12.3. The van der Waals surface area contributed by atoms with Crippen LogP contribution < -0.4 is 5.73 Å². The van der Waals surface area contributed by atoms with Gasteiger partial charge in [0.15, 0.2) is 5.78 Å². The highest BCUT2D eigenvalue weighted by atomic mass is 16.1. The molecular formula is C13H15N3O. The first-order valence-electron chi connectivity index (χ1n) is 5.40. The third kappa shape index (κ3) is 1.93. The van der Waals surface area contributed by atoms with Crippen molar-refractivity contribution in [3.05, 3.63) is 46.6 Å². The Balaban J connectivity index is 2.51. The van der Waals surface area contributed by atoms with Crippen LogP contribution in [0.3, 0.4) is 0 Å². The number of ketones is 1. The number of carbonyl (C=O) groups excluding carboxylic acids is 1. The quantitative estimate of drug-likeness (QED) is 0.799. The van der Waals surface area contributed by atoms with Crippen LogP contribution in [-0.4, -0.2) is 15.6 Å². The SMILES string of the molecule is Cc1ccc(C)c(C(=O)c2cnn(C)c2N)c1. The Kier molecular flexibility index (Phi) is 2.71. The molecule has 0 amide bonds. The molecular weight excluding hydrogens is 214 g/mol. The zero-order valence-corrected chi connectivity index (χ0v) is 10.2. The second kappa shape index (κ2) is 4.05. The Morgan fingerprint density at radius 1 is 1.29 bits per heavy atom. The lowest BCUT2D eigenvalue weighted by atomic mass is 9.99. The lowest BCUT2D eigenvalue weighted by Crippen LogP contribution is -2.07. The fourth-order valence-corrected chi connectivity index (χ4v) is 1.75. The normalized spacial score (nSPS) is 10.5. The molecule has 2 aromatic rings. The van der Waals surface area contributed by atoms with Gasteiger partial charge in [0.1, 0.15) is 5.82 Å². The number of aromatic nitrogens is 2. The van der Waals surface area contributed by atoms with Crippen LogP contribution in [0.25, 0.3) is 0 Å². The molecule has 0 aliphatic heterocycles. The average molecular weight is 229 g/mol. The van der Waals surface area contributed by atoms with Crippen LogP contribution in [0.2, 0.25) is 0 Å². The molecule has 1 aromatic carbocycles. The van der Waals surface area contributed by atoms with Crippen LogP contribution in [0, 0.1) is 13.8 Å². The molecule has 0 fully saturated rings. The maximum Gasteiger partial charge on any atom is 0.198 e. The number of carbonyl (C=O) groups is 1. The van der Waals surface area contributed by atoms with Gasteiger partial charge in [-0.05, 0) is 25.5 Å². The van der Waals surface area contributed by atoms with E-state index in [1.165, 1.54) is 10.9 Å². The minimum atomic E-state index is -0.0724. The monoisotopic (exact) mass is 229 g/mol. The number of nitrogens with two attached hydrogens (primary N) is 1. The molecule has 1 aromatic heterocycles. The Hall–Kier alpha value is -2.10. The molecule has 0 aliphatic carbocycles. The van der Waals surface area contributed by atoms with Gasteiger partial charge in [0, 0.05) is 12.6 Å². The van der Waals surface area contributed by atoms with Gasteiger partial charge in [-0.3, -0.25) is 9.48 Å². The third-order valence-electron chi connectivity index (χ3n) is 2.87. The van der Waals surface area contributed by atoms with E-state index >= 15 is 0 Å². The van der Waals surface area contributed by atoms with Gasteiger partial charge in [-0.25, -0.2) is 0 Å². The first-order chi connectivity index (χ1) is 8.00. The van der Waals surface area contributed by atoms with Gasteiger partial charge in [-0.2, -0.15) is 5.10 Å². The van der Waals surface area contributed by atoms with E-state index in [4.69, 9.17) is 5.73 Å². The molecule has 2 N–H and O–H groups in total. The maximum atomic E-state index is 12.3. The molecule has 2 rings (SSSR count). The zero-order valence-electron chi connectivity index (χ0n) is 10.2. The van der Waals surface area contributed by atoms with Crippen molar-refractivity contribution in [2.45, 2.75) is 13.8 Å². The Labute approximate surface area is 100 Å². The van der Waals surface area contributed by atoms with E-state index in [9.17, 15) is 4.79 Å². The Bertz CT molecular complexity index is 584. The van der Waals surface area contributed by atoms with Gasteiger partial charge >= 0.3 is 0 Å². The van der Waals surface area contributed by atoms with E-state index in [0.717, 1.165) is 11.1 Å². The number of nitrogens with zero attached hydrogens (tertiary/aromatic N) is 2. The van der Waals surface area contributed by atoms with Crippen LogP contribution in [0.4, 0.5) is 5.82 Å². The van der Waals surface area contributed by atoms with Crippen molar-refractivity contribution in [1.82, 2.24) is 9.78 Å². The zero-order chi connectivity index (χ0) is 12.6. The van der Waals surface area contributed by atoms with Crippen molar-refractivity contribution in [2.75, 3.05) is 5.73 Å². The molecule has 0 spiro atoms. The minimum Gasteiger partial charge on any atom is -0.383 e. The first-order valence-corrected chi connectivity index (χ1v) is 5.40. The van der Waals surface area contributed by atoms with E-state index in [0.29, 0.717) is 16.9 Å². The van der Waals surface area contributed by atoms with Crippen LogP contribution in [0.1, 0.15) is 27.0 Å². The summed E-state index contributed by atoms with van der Waals surface area (Å²) in [5.41, 5.74) is 8.96. The summed E-state index contributed by atoms with van der Waals surface area (Å²) in [5.74, 6) is 0.327. The third-order valence-corrected chi connectivity index (χ3v) is 2.87. The Morgan fingerprint density at radius 2 is 2.00 bits per heavy atom. The van der Waals surface area contributed by atoms with Crippen molar-refractivity contribution >= 4 is 11.6 Å². The van der Waals surface area contributed by atoms with E-state index in [2.05, 4.69) is 5.10 Å². The molecule has 4 nitrogen and oxygen atoms in total. The summed E-state index contributed by atoms with van der Waals surface area (Å²) in [6.07, 6.45) is 1.51. The van der Waals surface area contributed by atoms with Gasteiger partial charge in [0.25, 0.3) is 0 Å². The topological polar surface area (TPSA) is 60.9 Å². The lowest BCUT2D eigenvalue weighted by molar-refractivity contribution is 0.103. The molecule has 1 heterocycles. The van der Waals surface area contributed by atoms with E-state index in [1.54, 1.807) is 7.05 Å². The Morgan fingerprint density at radius 3 is 2.59 bits per heavy atom. The lowest BCUT2D eigenvalue weighted by Gasteiger charge is -2.05. The van der Waals surface area contributed by atoms with Gasteiger partial charge in [-0.1, -0.05) is 17.7 Å². The van der Waals surface area contributed by atoms with Crippen molar-refractivity contribution in [3.63, 3.8) is 0 Å². The molecule has 17 heavy (non-hydrogen) atoms. The highest BCUT2D eigenvalue weighted by Gasteiger charge is 2.17. The predicted octanol–water partition coefficient (Wildman–Crippen LogP) is 1.85. The number of hydrogen-bond acceptors (Lipinski definition) is 3. The number of nitrogen functional groups attached to an aromatic ring is 1. The highest BCUT2D eigenvalue weighted by Crippen LogP contribution is 2.19. The first kappa shape index (κ1) is 11.4. The fraction of sp³-hybridized carbons (Fsp3) is 0.231. The number of rotatable bonds is 2. The van der Waals surface area contributed by atoms with Crippen molar-refractivity contribution in [3.8, 4) is 0 Å². The number of benzene rings is 1. The van der Waals surface area contributed by atoms with E-state index in [1.807, 2.05) is 32.0 Å². The molecule has 0 atom stereocenters. The summed E-state index contributed by atoms with van der Waals surface area (Å²) in [5, 5.41) is 3.99. The molecule has 0 unspecified atom stereocenters. The second-order valence-corrected chi connectivity index (χ2v) is 4.21. The number of anilines is 1. The second-order valence-electron chi connectivity index (χ2n) is 4.21. The predicted molar refractivity (Wildman–Crippen MR) is 67.0 cm³/mol. The summed E-state index contributed by atoms with van der Waals surface area (Å²) in [4.78, 5) is 12.3. The van der Waals surface area contributed by atoms with E-state index in [-0.39, 0.29) is 5.78 Å². The van der Waals surface area contributed by atoms with Crippen LogP contribution in [0.5, 0.6) is 0 Å². The smallest absolute Gasteiger partial charge is 0.198 e. The van der Waals surface area contributed by atoms with Crippen LogP contribution >= 0.6 is 0 Å². The molecule has 0 saturated heterocycles. The molecule has 4 heteroatoms. The van der Waals surface area contributed by atoms with Gasteiger partial charge in [0.2, 0.25) is 0 Å². The standard InChI is InChI=1S/C13H15N3O/c1-8-4-5-9(2)10(6-8)12(17)11-7-15-16(3)13(11)14/h4-7H,14H2,1-3H3. The highest BCUT2D eigenvalue weighted by molar-refractivity contribution is 6.12. The van der Waals surface area contributed by atoms with Crippen molar-refractivity contribution < 1.29 is 4.79 Å². The van der Waals surface area contributed by atoms with E-state index < -0.39 is 0 Å². The summed E-state index contributed by atoms with van der Waals surface area (Å²) in [6.45, 7) is 3.88. The summed E-state index contributed by atoms with van der Waals surface area (Å²) in [6, 6.07) is 5.80. The molecule has 88 valence electrons. The molecule has 0 aliphatic rings. The van der Waals surface area contributed by atoms with Gasteiger partial charge < -0.3 is 5.73 Å². The average Bonchev–Trinajstić information content (AvgIpc) is 2.62. The minimum absolute atomic E-state index is 0.0724. The summed E-state index contributed by atoms with van der Waals surface area (Å²) in [7, 11) is 1.72. The van der Waals surface area contributed by atoms with Gasteiger partial charge in [0.05, 0.1) is 11.8 Å². The van der Waals surface area contributed by atoms with Gasteiger partial charge in [-0.15, -0.1) is 0 Å². The van der Waals surface area contributed by atoms with Crippen molar-refractivity contribution in [1.29, 1.82) is 0 Å². The fourth-order valence-electron chi connectivity index (χ4n) is 1.75. The number of hydrogen-bond donors (Lipinski definition) is 1. The molecule has 0 saturated carbocycles. The summed E-state index contributed by atoms with van der Waals surface area (Å²) < 4.78 is 1.50. The van der Waals surface area contributed by atoms with Crippen LogP contribution in [-0.2, 0) is 7.05 Å². The van der Waals surface area contributed by atoms with Crippen molar-refractivity contribution in [2.24, 2.45) is 7.05 Å².